The van der Waals surface area contributed by atoms with Crippen molar-refractivity contribution >= 4 is 6.29 Å². The molecule has 0 unspecified atom stereocenters. The first kappa shape index (κ1) is 8.25. The lowest BCUT2D eigenvalue weighted by Gasteiger charge is -2.23. The average Bonchev–Trinajstić information content (AvgIpc) is 2.04. The van der Waals surface area contributed by atoms with Crippen LogP contribution in [0.4, 0.5) is 0 Å². The lowest BCUT2D eigenvalue weighted by Crippen LogP contribution is -2.17. The van der Waals surface area contributed by atoms with Crippen LogP contribution in [0.2, 0.25) is 0 Å². The Morgan fingerprint density at radius 3 is 2.91 bits per heavy atom. The van der Waals surface area contributed by atoms with Gasteiger partial charge >= 0.3 is 0 Å². The summed E-state index contributed by atoms with van der Waals surface area (Å²) in [5.74, 6) is 0.550. The highest BCUT2D eigenvalue weighted by Gasteiger charge is 2.20. The van der Waals surface area contributed by atoms with Crippen molar-refractivity contribution < 1.29 is 4.79 Å². The third-order valence-corrected chi connectivity index (χ3v) is 2.32. The van der Waals surface area contributed by atoms with Gasteiger partial charge in [-0.25, -0.2) is 0 Å². The monoisotopic (exact) mass is 150 g/mol. The molecular weight excluding hydrogens is 136 g/mol. The maximum absolute atomic E-state index is 10.6. The van der Waals surface area contributed by atoms with Crippen LogP contribution in [0, 0.1) is 11.8 Å². The van der Waals surface area contributed by atoms with Crippen molar-refractivity contribution in [3.05, 3.63) is 24.3 Å². The Balaban J connectivity index is 2.69. The minimum absolute atomic E-state index is 0.177. The van der Waals surface area contributed by atoms with Crippen LogP contribution < -0.4 is 0 Å². The third-order valence-electron chi connectivity index (χ3n) is 2.32. The predicted octanol–water partition coefficient (Wildman–Crippen LogP) is 2.34. The maximum atomic E-state index is 10.6. The van der Waals surface area contributed by atoms with E-state index in [1.807, 2.05) is 6.08 Å². The van der Waals surface area contributed by atoms with Gasteiger partial charge in [0.2, 0.25) is 0 Å². The average molecular weight is 150 g/mol. The first-order valence-electron chi connectivity index (χ1n) is 4.01. The molecule has 0 amide bonds. The maximum Gasteiger partial charge on any atom is 0.123 e. The Labute approximate surface area is 67.8 Å². The number of carbonyl (C=O) groups is 1. The summed E-state index contributed by atoms with van der Waals surface area (Å²) < 4.78 is 0. The normalized spacial score (nSPS) is 30.8. The molecule has 0 saturated heterocycles. The van der Waals surface area contributed by atoms with Gasteiger partial charge < -0.3 is 4.79 Å². The summed E-state index contributed by atoms with van der Waals surface area (Å²) in [5, 5.41) is 0. The van der Waals surface area contributed by atoms with Crippen molar-refractivity contribution in [1.29, 1.82) is 0 Å². The largest absolute Gasteiger partial charge is 0.303 e. The minimum Gasteiger partial charge on any atom is -0.303 e. The highest BCUT2D eigenvalue weighted by molar-refractivity contribution is 5.55. The van der Waals surface area contributed by atoms with Crippen LogP contribution in [0.3, 0.4) is 0 Å². The van der Waals surface area contributed by atoms with Crippen molar-refractivity contribution in [3.8, 4) is 0 Å². The SMILES string of the molecule is C=C[C@H]1CC(C)=CC[C@H]1C=O. The fourth-order valence-electron chi connectivity index (χ4n) is 1.53. The van der Waals surface area contributed by atoms with Crippen molar-refractivity contribution in [1.82, 2.24) is 0 Å². The van der Waals surface area contributed by atoms with E-state index in [1.165, 1.54) is 5.57 Å². The fraction of sp³-hybridized carbons (Fsp3) is 0.500. The molecule has 0 aromatic heterocycles. The smallest absolute Gasteiger partial charge is 0.123 e. The summed E-state index contributed by atoms with van der Waals surface area (Å²) in [6.45, 7) is 5.84. The van der Waals surface area contributed by atoms with E-state index in [0.29, 0.717) is 5.92 Å². The lowest BCUT2D eigenvalue weighted by atomic mass is 9.81. The Hall–Kier alpha value is -0.850. The number of hydrogen-bond donors (Lipinski definition) is 0. The van der Waals surface area contributed by atoms with Gasteiger partial charge in [-0.15, -0.1) is 6.58 Å². The van der Waals surface area contributed by atoms with Crippen molar-refractivity contribution in [2.75, 3.05) is 0 Å². The van der Waals surface area contributed by atoms with Gasteiger partial charge in [0.1, 0.15) is 6.29 Å². The second-order valence-corrected chi connectivity index (χ2v) is 3.19. The number of aldehydes is 1. The van der Waals surface area contributed by atoms with Gasteiger partial charge in [-0.1, -0.05) is 17.7 Å². The van der Waals surface area contributed by atoms with Crippen molar-refractivity contribution in [2.24, 2.45) is 11.8 Å². The van der Waals surface area contributed by atoms with Gasteiger partial charge in [0.05, 0.1) is 0 Å². The second kappa shape index (κ2) is 3.51. The highest BCUT2D eigenvalue weighted by atomic mass is 16.1. The van der Waals surface area contributed by atoms with E-state index in [-0.39, 0.29) is 5.92 Å². The van der Waals surface area contributed by atoms with E-state index in [9.17, 15) is 4.79 Å². The van der Waals surface area contributed by atoms with Crippen LogP contribution >= 0.6 is 0 Å². The molecule has 0 spiro atoms. The number of carbonyl (C=O) groups excluding carboxylic acids is 1. The van der Waals surface area contributed by atoms with Crippen LogP contribution in [-0.4, -0.2) is 6.29 Å². The third kappa shape index (κ3) is 1.79. The summed E-state index contributed by atoms with van der Waals surface area (Å²) in [6.07, 6.45) is 7.00. The molecule has 60 valence electrons. The molecule has 1 heteroatoms. The summed E-state index contributed by atoms with van der Waals surface area (Å²) in [4.78, 5) is 10.6. The Bertz CT molecular complexity index is 191. The summed E-state index contributed by atoms with van der Waals surface area (Å²) in [5.41, 5.74) is 1.38. The number of allylic oxidation sites excluding steroid dienone is 3. The molecule has 0 bridgehead atoms. The molecule has 1 aliphatic rings. The Morgan fingerprint density at radius 2 is 2.36 bits per heavy atom. The zero-order valence-electron chi connectivity index (χ0n) is 6.92. The molecule has 11 heavy (non-hydrogen) atoms. The fourth-order valence-corrected chi connectivity index (χ4v) is 1.53. The van der Waals surface area contributed by atoms with E-state index in [2.05, 4.69) is 19.6 Å². The molecule has 0 saturated carbocycles. The summed E-state index contributed by atoms with van der Waals surface area (Å²) in [7, 11) is 0. The molecule has 1 aliphatic carbocycles. The molecule has 0 aliphatic heterocycles. The molecule has 0 aromatic carbocycles. The van der Waals surface area contributed by atoms with Gasteiger partial charge in [-0.3, -0.25) is 0 Å². The number of hydrogen-bond acceptors (Lipinski definition) is 1. The number of rotatable bonds is 2. The molecular formula is C10H14O. The van der Waals surface area contributed by atoms with E-state index >= 15 is 0 Å². The van der Waals surface area contributed by atoms with E-state index in [4.69, 9.17) is 0 Å². The molecule has 0 heterocycles. The van der Waals surface area contributed by atoms with Gasteiger partial charge in [0.25, 0.3) is 0 Å². The molecule has 0 radical (unpaired) electrons. The zero-order chi connectivity index (χ0) is 8.27. The predicted molar refractivity (Wildman–Crippen MR) is 46.2 cm³/mol. The van der Waals surface area contributed by atoms with Crippen LogP contribution in [0.1, 0.15) is 19.8 Å². The van der Waals surface area contributed by atoms with Gasteiger partial charge in [0.15, 0.2) is 0 Å². The summed E-state index contributed by atoms with van der Waals surface area (Å²) >= 11 is 0. The molecule has 1 nitrogen and oxygen atoms in total. The van der Waals surface area contributed by atoms with Crippen molar-refractivity contribution in [2.45, 2.75) is 19.8 Å². The lowest BCUT2D eigenvalue weighted by molar-refractivity contribution is -0.112. The second-order valence-electron chi connectivity index (χ2n) is 3.19. The highest BCUT2D eigenvalue weighted by Crippen LogP contribution is 2.28. The molecule has 2 atom stereocenters. The quantitative estimate of drug-likeness (QED) is 0.436. The van der Waals surface area contributed by atoms with E-state index < -0.39 is 0 Å². The zero-order valence-corrected chi connectivity index (χ0v) is 6.92. The van der Waals surface area contributed by atoms with Crippen molar-refractivity contribution in [3.63, 3.8) is 0 Å². The van der Waals surface area contributed by atoms with E-state index in [0.717, 1.165) is 19.1 Å². The van der Waals surface area contributed by atoms with E-state index in [1.54, 1.807) is 0 Å². The van der Waals surface area contributed by atoms with Crippen LogP contribution in [0.25, 0.3) is 0 Å². The molecule has 0 aromatic rings. The standard InChI is InChI=1S/C10H14O/c1-3-9-6-8(2)4-5-10(9)7-11/h3-4,7,9-10H,1,5-6H2,2H3/t9-,10-/m0/s1. The van der Waals surface area contributed by atoms with Crippen LogP contribution in [-0.2, 0) is 4.79 Å². The first-order valence-corrected chi connectivity index (χ1v) is 4.01. The first-order chi connectivity index (χ1) is 5.27. The molecule has 1 rings (SSSR count). The molecule has 0 fully saturated rings. The minimum atomic E-state index is 0.177. The Morgan fingerprint density at radius 1 is 1.64 bits per heavy atom. The topological polar surface area (TPSA) is 17.1 Å². The van der Waals surface area contributed by atoms with Gasteiger partial charge in [-0.05, 0) is 25.7 Å². The van der Waals surface area contributed by atoms with Crippen LogP contribution in [0.15, 0.2) is 24.3 Å². The van der Waals surface area contributed by atoms with Crippen LogP contribution in [0.5, 0.6) is 0 Å². The Kier molecular flexibility index (Phi) is 2.64. The molecule has 0 N–H and O–H groups in total. The van der Waals surface area contributed by atoms with Gasteiger partial charge in [0, 0.05) is 5.92 Å². The summed E-state index contributed by atoms with van der Waals surface area (Å²) in [6, 6.07) is 0. The van der Waals surface area contributed by atoms with Gasteiger partial charge in [-0.2, -0.15) is 0 Å².